The molecule has 0 saturated carbocycles. The summed E-state index contributed by atoms with van der Waals surface area (Å²) in [6.45, 7) is 3.35. The highest BCUT2D eigenvalue weighted by atomic mass is 16.1. The highest BCUT2D eigenvalue weighted by Gasteiger charge is 2.25. The van der Waals surface area contributed by atoms with Crippen LogP contribution in [-0.4, -0.2) is 28.9 Å². The molecule has 4 nitrogen and oxygen atoms in total. The lowest BCUT2D eigenvalue weighted by Crippen LogP contribution is -2.42. The number of amides is 1. The minimum atomic E-state index is 0.0653. The van der Waals surface area contributed by atoms with Gasteiger partial charge in [0.25, 0.3) is 0 Å². The van der Waals surface area contributed by atoms with E-state index in [9.17, 15) is 4.79 Å². The van der Waals surface area contributed by atoms with E-state index >= 15 is 0 Å². The number of hydrogen-bond acceptors (Lipinski definition) is 3. The molecule has 0 spiro atoms. The van der Waals surface area contributed by atoms with Gasteiger partial charge in [-0.3, -0.25) is 14.7 Å². The molecule has 1 aliphatic rings. The molecule has 1 amide bonds. The molecule has 1 aromatic heterocycles. The average molecular weight is 359 g/mol. The van der Waals surface area contributed by atoms with Gasteiger partial charge < -0.3 is 5.32 Å². The summed E-state index contributed by atoms with van der Waals surface area (Å²) in [6.07, 6.45) is 5.55. The van der Waals surface area contributed by atoms with E-state index < -0.39 is 0 Å². The number of nitrogens with zero attached hydrogens (tertiary/aromatic N) is 2. The highest BCUT2D eigenvalue weighted by Crippen LogP contribution is 2.23. The van der Waals surface area contributed by atoms with Crippen LogP contribution in [0.15, 0.2) is 67.0 Å². The predicted octanol–water partition coefficient (Wildman–Crippen LogP) is 3.76. The van der Waals surface area contributed by atoms with Gasteiger partial charge in [0.15, 0.2) is 0 Å². The van der Waals surface area contributed by atoms with Gasteiger partial charge in [-0.15, -0.1) is 0 Å². The van der Waals surface area contributed by atoms with Gasteiger partial charge >= 0.3 is 0 Å². The highest BCUT2D eigenvalue weighted by molar-refractivity contribution is 5.85. The molecule has 27 heavy (non-hydrogen) atoms. The van der Waals surface area contributed by atoms with E-state index in [-0.39, 0.29) is 11.8 Å². The van der Waals surface area contributed by atoms with Gasteiger partial charge in [0.1, 0.15) is 0 Å². The number of hydrogen-bond donors (Lipinski definition) is 1. The Morgan fingerprint density at radius 1 is 1.07 bits per heavy atom. The molecule has 1 atom stereocenters. The van der Waals surface area contributed by atoms with Gasteiger partial charge in [-0.25, -0.2) is 0 Å². The third-order valence-electron chi connectivity index (χ3n) is 5.37. The summed E-state index contributed by atoms with van der Waals surface area (Å²) < 4.78 is 0. The van der Waals surface area contributed by atoms with Gasteiger partial charge in [0.2, 0.25) is 5.91 Å². The maximum atomic E-state index is 12.6. The number of carbonyl (C=O) groups excluding carboxylic acids is 1. The third-order valence-corrected chi connectivity index (χ3v) is 5.37. The Balaban J connectivity index is 1.38. The molecule has 0 aliphatic carbocycles. The van der Waals surface area contributed by atoms with Crippen molar-refractivity contribution in [1.29, 1.82) is 0 Å². The van der Waals surface area contributed by atoms with Crippen LogP contribution in [0.2, 0.25) is 0 Å². The van der Waals surface area contributed by atoms with Crippen molar-refractivity contribution in [1.82, 2.24) is 15.2 Å². The van der Waals surface area contributed by atoms with Gasteiger partial charge in [0, 0.05) is 32.0 Å². The fourth-order valence-corrected chi connectivity index (χ4v) is 3.92. The lowest BCUT2D eigenvalue weighted by Gasteiger charge is -2.32. The molecular weight excluding hydrogens is 334 g/mol. The second kappa shape index (κ2) is 8.31. The number of likely N-dealkylation sites (tertiary alicyclic amines) is 1. The SMILES string of the molecule is O=C(NCc1ccncc1)C1CCCN(Cc2cccc3ccccc23)C1. The fraction of sp³-hybridized carbons (Fsp3) is 0.304. The summed E-state index contributed by atoms with van der Waals surface area (Å²) in [6, 6.07) is 18.9. The Morgan fingerprint density at radius 3 is 2.78 bits per heavy atom. The van der Waals surface area contributed by atoms with Gasteiger partial charge in [-0.1, -0.05) is 42.5 Å². The molecule has 4 rings (SSSR count). The molecule has 1 saturated heterocycles. The lowest BCUT2D eigenvalue weighted by atomic mass is 9.96. The number of piperidine rings is 1. The van der Waals surface area contributed by atoms with E-state index in [2.05, 4.69) is 57.7 Å². The van der Waals surface area contributed by atoms with Crippen LogP contribution in [0.1, 0.15) is 24.0 Å². The van der Waals surface area contributed by atoms with Crippen LogP contribution in [0, 0.1) is 5.92 Å². The Labute approximate surface area is 160 Å². The number of benzene rings is 2. The van der Waals surface area contributed by atoms with E-state index in [4.69, 9.17) is 0 Å². The van der Waals surface area contributed by atoms with Crippen molar-refractivity contribution in [2.75, 3.05) is 13.1 Å². The Kier molecular flexibility index (Phi) is 5.45. The molecule has 4 heteroatoms. The summed E-state index contributed by atoms with van der Waals surface area (Å²) in [5.74, 6) is 0.227. The number of carbonyl (C=O) groups is 1. The van der Waals surface area contributed by atoms with E-state index in [1.54, 1.807) is 12.4 Å². The topological polar surface area (TPSA) is 45.2 Å². The summed E-state index contributed by atoms with van der Waals surface area (Å²) in [4.78, 5) is 19.1. The standard InChI is InChI=1S/C23H25N3O/c27-23(25-15-18-10-12-24-13-11-18)21-8-4-14-26(17-21)16-20-7-3-6-19-5-1-2-9-22(19)20/h1-3,5-7,9-13,21H,4,8,14-17H2,(H,25,27). The van der Waals surface area contributed by atoms with Gasteiger partial charge in [-0.05, 0) is 53.4 Å². The molecule has 2 aromatic carbocycles. The third kappa shape index (κ3) is 4.34. The number of nitrogens with one attached hydrogen (secondary N) is 1. The largest absolute Gasteiger partial charge is 0.352 e. The van der Waals surface area contributed by atoms with Crippen molar-refractivity contribution in [2.45, 2.75) is 25.9 Å². The average Bonchev–Trinajstić information content (AvgIpc) is 2.73. The summed E-state index contributed by atoms with van der Waals surface area (Å²) in [5.41, 5.74) is 2.42. The van der Waals surface area contributed by atoms with Crippen LogP contribution >= 0.6 is 0 Å². The zero-order chi connectivity index (χ0) is 18.5. The molecule has 2 heterocycles. The predicted molar refractivity (Wildman–Crippen MR) is 108 cm³/mol. The van der Waals surface area contributed by atoms with E-state index in [1.807, 2.05) is 12.1 Å². The zero-order valence-corrected chi connectivity index (χ0v) is 15.5. The van der Waals surface area contributed by atoms with Crippen molar-refractivity contribution in [2.24, 2.45) is 5.92 Å². The second-order valence-electron chi connectivity index (χ2n) is 7.29. The zero-order valence-electron chi connectivity index (χ0n) is 15.5. The molecular formula is C23H25N3O. The first-order chi connectivity index (χ1) is 13.3. The molecule has 0 radical (unpaired) electrons. The minimum Gasteiger partial charge on any atom is -0.352 e. The number of rotatable bonds is 5. The molecule has 0 bridgehead atoms. The molecule has 1 N–H and O–H groups in total. The van der Waals surface area contributed by atoms with Gasteiger partial charge in [0.05, 0.1) is 5.92 Å². The van der Waals surface area contributed by atoms with Crippen LogP contribution in [-0.2, 0) is 17.9 Å². The fourth-order valence-electron chi connectivity index (χ4n) is 3.92. The number of fused-ring (bicyclic) bond motifs is 1. The second-order valence-corrected chi connectivity index (χ2v) is 7.29. The van der Waals surface area contributed by atoms with Crippen LogP contribution < -0.4 is 5.32 Å². The minimum absolute atomic E-state index is 0.0653. The Morgan fingerprint density at radius 2 is 1.89 bits per heavy atom. The lowest BCUT2D eigenvalue weighted by molar-refractivity contribution is -0.126. The quantitative estimate of drug-likeness (QED) is 0.754. The first-order valence-electron chi connectivity index (χ1n) is 9.65. The first kappa shape index (κ1) is 17.7. The molecule has 1 unspecified atom stereocenters. The smallest absolute Gasteiger partial charge is 0.224 e. The van der Waals surface area contributed by atoms with E-state index in [0.717, 1.165) is 38.0 Å². The van der Waals surface area contributed by atoms with Crippen molar-refractivity contribution >= 4 is 16.7 Å². The van der Waals surface area contributed by atoms with E-state index in [1.165, 1.54) is 16.3 Å². The molecule has 1 aliphatic heterocycles. The van der Waals surface area contributed by atoms with Crippen LogP contribution in [0.4, 0.5) is 0 Å². The summed E-state index contributed by atoms with van der Waals surface area (Å²) in [7, 11) is 0. The van der Waals surface area contributed by atoms with Crippen molar-refractivity contribution in [3.05, 3.63) is 78.1 Å². The molecule has 3 aromatic rings. The first-order valence-corrected chi connectivity index (χ1v) is 9.65. The van der Waals surface area contributed by atoms with Crippen molar-refractivity contribution in [3.8, 4) is 0 Å². The Bertz CT molecular complexity index is 904. The summed E-state index contributed by atoms with van der Waals surface area (Å²) >= 11 is 0. The van der Waals surface area contributed by atoms with Gasteiger partial charge in [-0.2, -0.15) is 0 Å². The molecule has 138 valence electrons. The number of pyridine rings is 1. The molecule has 1 fully saturated rings. The Hall–Kier alpha value is -2.72. The van der Waals surface area contributed by atoms with Crippen LogP contribution in [0.3, 0.4) is 0 Å². The van der Waals surface area contributed by atoms with Crippen LogP contribution in [0.25, 0.3) is 10.8 Å². The van der Waals surface area contributed by atoms with Crippen molar-refractivity contribution < 1.29 is 4.79 Å². The normalized spacial score (nSPS) is 17.7. The van der Waals surface area contributed by atoms with E-state index in [0.29, 0.717) is 6.54 Å². The maximum Gasteiger partial charge on any atom is 0.224 e. The summed E-state index contributed by atoms with van der Waals surface area (Å²) in [5, 5.41) is 5.68. The van der Waals surface area contributed by atoms with Crippen molar-refractivity contribution in [3.63, 3.8) is 0 Å². The number of aromatic nitrogens is 1. The monoisotopic (exact) mass is 359 g/mol. The maximum absolute atomic E-state index is 12.6. The van der Waals surface area contributed by atoms with Crippen LogP contribution in [0.5, 0.6) is 0 Å².